The zero-order valence-electron chi connectivity index (χ0n) is 32.4. The number of carbonyl (C=O) groups excluding carboxylic acids is 2. The highest BCUT2D eigenvalue weighted by Gasteiger charge is 2.62. The summed E-state index contributed by atoms with van der Waals surface area (Å²) in [4.78, 5) is 39.8. The Balaban J connectivity index is 0.875. The molecular formula is C39H60N7O6P. The fraction of sp³-hybridized carbons (Fsp3) is 0.821. The standard InChI is InChI=1S/C39H60N7O6P/c1-26(16-46-24-43-29-30(40)41-23-42-31(29)46)52-25-53(49,44-34(2,3)32(47)50-17-27-12-38(13-27)19-36(20-38)8-6-9-36)45-35(4,5)33(48)51-18-28-14-39(15-28)21-37(22-39)10-7-11-37/h23-24,26-28H,6-22,25H2,1-5H3,(H2,40,41,42)(H2,44,45,49)/t26-/m1/s1. The number of nitrogen functional groups attached to an aromatic ring is 1. The molecule has 0 unspecified atom stereocenters. The number of imidazole rings is 1. The van der Waals surface area contributed by atoms with E-state index in [1.165, 1.54) is 70.5 Å². The molecule has 14 heteroatoms. The molecule has 2 heterocycles. The number of carbonyl (C=O) groups is 2. The molecule has 0 radical (unpaired) electrons. The minimum Gasteiger partial charge on any atom is -0.464 e. The first-order chi connectivity index (χ1) is 24.9. The first-order valence-corrected chi connectivity index (χ1v) is 21.9. The van der Waals surface area contributed by atoms with Crippen molar-refractivity contribution in [3.05, 3.63) is 12.7 Å². The van der Waals surface area contributed by atoms with E-state index in [9.17, 15) is 14.2 Å². The normalized spacial score (nSPS) is 24.5. The summed E-state index contributed by atoms with van der Waals surface area (Å²) in [6.45, 7) is 9.56. The molecule has 0 amide bonds. The molecule has 0 aliphatic heterocycles. The van der Waals surface area contributed by atoms with Gasteiger partial charge in [-0.15, -0.1) is 0 Å². The summed E-state index contributed by atoms with van der Waals surface area (Å²) < 4.78 is 34.6. The van der Waals surface area contributed by atoms with Crippen LogP contribution in [0.15, 0.2) is 12.7 Å². The first kappa shape index (κ1) is 37.3. The van der Waals surface area contributed by atoms with Crippen LogP contribution in [0.4, 0.5) is 5.82 Å². The number of ether oxygens (including phenoxy) is 3. The molecule has 2 aromatic heterocycles. The van der Waals surface area contributed by atoms with Gasteiger partial charge in [0.25, 0.3) is 0 Å². The number of fused-ring (bicyclic) bond motifs is 1. The van der Waals surface area contributed by atoms with E-state index in [4.69, 9.17) is 19.9 Å². The lowest BCUT2D eigenvalue weighted by Gasteiger charge is -2.67. The van der Waals surface area contributed by atoms with Crippen LogP contribution in [0.25, 0.3) is 11.2 Å². The molecular weight excluding hydrogens is 693 g/mol. The molecule has 6 aliphatic rings. The van der Waals surface area contributed by atoms with Gasteiger partial charge in [0.2, 0.25) is 7.44 Å². The van der Waals surface area contributed by atoms with Crippen molar-refractivity contribution in [1.29, 1.82) is 0 Å². The van der Waals surface area contributed by atoms with Crippen molar-refractivity contribution in [2.75, 3.05) is 25.3 Å². The van der Waals surface area contributed by atoms with Gasteiger partial charge in [0.15, 0.2) is 11.5 Å². The molecule has 2 aromatic rings. The van der Waals surface area contributed by atoms with Crippen LogP contribution in [0.2, 0.25) is 0 Å². The molecule has 0 saturated heterocycles. The molecule has 292 valence electrons. The summed E-state index contributed by atoms with van der Waals surface area (Å²) in [6, 6.07) is 0. The van der Waals surface area contributed by atoms with Crippen molar-refractivity contribution in [2.24, 2.45) is 33.5 Å². The minimum atomic E-state index is -3.80. The number of nitrogens with one attached hydrogen (secondary N) is 2. The van der Waals surface area contributed by atoms with Crippen molar-refractivity contribution in [3.63, 3.8) is 0 Å². The Bertz CT molecular complexity index is 1690. The number of hydrogen-bond donors (Lipinski definition) is 3. The maximum Gasteiger partial charge on any atom is 0.326 e. The van der Waals surface area contributed by atoms with Gasteiger partial charge in [0.05, 0.1) is 32.2 Å². The van der Waals surface area contributed by atoms with Gasteiger partial charge in [-0.1, -0.05) is 12.8 Å². The molecule has 0 bridgehead atoms. The third kappa shape index (κ3) is 7.17. The van der Waals surface area contributed by atoms with Crippen molar-refractivity contribution >= 4 is 36.4 Å². The second-order valence-corrected chi connectivity index (χ2v) is 22.0. The average Bonchev–Trinajstić information content (AvgIpc) is 3.38. The molecule has 1 atom stereocenters. The highest BCUT2D eigenvalue weighted by atomic mass is 31.2. The van der Waals surface area contributed by atoms with Crippen LogP contribution in [0, 0.1) is 33.5 Å². The summed E-state index contributed by atoms with van der Waals surface area (Å²) in [5.74, 6) is 0.0396. The highest BCUT2D eigenvalue weighted by Crippen LogP contribution is 2.73. The van der Waals surface area contributed by atoms with Crippen molar-refractivity contribution in [2.45, 2.75) is 148 Å². The number of nitrogens with two attached hydrogens (primary N) is 1. The van der Waals surface area contributed by atoms with Crippen molar-refractivity contribution in [1.82, 2.24) is 29.7 Å². The predicted octanol–water partition coefficient (Wildman–Crippen LogP) is 6.51. The fourth-order valence-electron chi connectivity index (χ4n) is 11.7. The number of hydrogen-bond acceptors (Lipinski definition) is 10. The Morgan fingerprint density at radius 2 is 1.34 bits per heavy atom. The Hall–Kier alpha value is -2.60. The molecule has 8 rings (SSSR count). The van der Waals surface area contributed by atoms with Crippen molar-refractivity contribution < 1.29 is 28.4 Å². The zero-order valence-corrected chi connectivity index (χ0v) is 33.3. The van der Waals surface area contributed by atoms with Crippen LogP contribution >= 0.6 is 7.44 Å². The van der Waals surface area contributed by atoms with Gasteiger partial charge in [-0.2, -0.15) is 0 Å². The third-order valence-corrected chi connectivity index (χ3v) is 16.3. The van der Waals surface area contributed by atoms with Crippen LogP contribution < -0.4 is 15.9 Å². The van der Waals surface area contributed by atoms with E-state index in [1.807, 2.05) is 6.92 Å². The van der Waals surface area contributed by atoms with E-state index in [2.05, 4.69) is 25.1 Å². The molecule has 4 spiro atoms. The molecule has 6 aliphatic carbocycles. The molecule has 6 fully saturated rings. The summed E-state index contributed by atoms with van der Waals surface area (Å²) in [6.07, 6.45) is 20.3. The molecule has 4 N–H and O–H groups in total. The Morgan fingerprint density at radius 3 is 1.79 bits per heavy atom. The van der Waals surface area contributed by atoms with E-state index >= 15 is 0 Å². The molecule has 53 heavy (non-hydrogen) atoms. The van der Waals surface area contributed by atoms with Crippen LogP contribution in [0.1, 0.15) is 125 Å². The number of nitrogens with zero attached hydrogens (tertiary/aromatic N) is 4. The number of rotatable bonds is 15. The first-order valence-electron chi connectivity index (χ1n) is 20.0. The van der Waals surface area contributed by atoms with Crippen LogP contribution in [-0.4, -0.2) is 68.2 Å². The van der Waals surface area contributed by atoms with Gasteiger partial charge >= 0.3 is 11.9 Å². The van der Waals surface area contributed by atoms with Crippen LogP contribution in [0.5, 0.6) is 0 Å². The van der Waals surface area contributed by atoms with Gasteiger partial charge in [-0.05, 0) is 145 Å². The second-order valence-electron chi connectivity index (χ2n) is 19.8. The maximum atomic E-state index is 14.9. The number of aromatic nitrogens is 4. The lowest BCUT2D eigenvalue weighted by molar-refractivity contribution is -0.179. The van der Waals surface area contributed by atoms with Gasteiger partial charge in [0, 0.05) is 0 Å². The minimum absolute atomic E-state index is 0.285. The summed E-state index contributed by atoms with van der Waals surface area (Å²) in [7, 11) is -3.80. The third-order valence-electron chi connectivity index (χ3n) is 14.0. The number of esters is 2. The summed E-state index contributed by atoms with van der Waals surface area (Å²) in [5.41, 5.74) is 6.56. The maximum absolute atomic E-state index is 14.9. The van der Waals surface area contributed by atoms with Gasteiger partial charge in [-0.25, -0.2) is 25.1 Å². The highest BCUT2D eigenvalue weighted by molar-refractivity contribution is 7.59. The van der Waals surface area contributed by atoms with E-state index in [0.29, 0.717) is 64.4 Å². The van der Waals surface area contributed by atoms with E-state index < -0.39 is 36.6 Å². The lowest BCUT2D eigenvalue weighted by atomic mass is 9.38. The van der Waals surface area contributed by atoms with Crippen LogP contribution in [-0.2, 0) is 34.9 Å². The summed E-state index contributed by atoms with van der Waals surface area (Å²) in [5, 5.41) is 6.14. The zero-order chi connectivity index (χ0) is 37.5. The van der Waals surface area contributed by atoms with Gasteiger partial charge in [0.1, 0.15) is 29.3 Å². The summed E-state index contributed by atoms with van der Waals surface area (Å²) >= 11 is 0. The fourth-order valence-corrected chi connectivity index (χ4v) is 14.3. The smallest absolute Gasteiger partial charge is 0.326 e. The van der Waals surface area contributed by atoms with Gasteiger partial charge < -0.3 is 24.5 Å². The second kappa shape index (κ2) is 13.0. The predicted molar refractivity (Wildman–Crippen MR) is 200 cm³/mol. The van der Waals surface area contributed by atoms with Crippen molar-refractivity contribution in [3.8, 4) is 0 Å². The average molecular weight is 754 g/mol. The van der Waals surface area contributed by atoms with E-state index in [1.54, 1.807) is 38.6 Å². The molecule has 6 saturated carbocycles. The topological polar surface area (TPSA) is 173 Å². The van der Waals surface area contributed by atoms with Crippen LogP contribution in [0.3, 0.4) is 0 Å². The lowest BCUT2D eigenvalue weighted by Crippen LogP contribution is -2.57. The monoisotopic (exact) mass is 753 g/mol. The Labute approximate surface area is 313 Å². The largest absolute Gasteiger partial charge is 0.464 e. The van der Waals surface area contributed by atoms with Gasteiger partial charge in [-0.3, -0.25) is 14.2 Å². The molecule has 0 aromatic carbocycles. The number of anilines is 1. The Kier molecular flexibility index (Phi) is 9.15. The SMILES string of the molecule is C[C@H](Cn1cnc2c(N)ncnc21)OCP(=O)(NC(C)(C)C(=O)OCC1CC2(C1)CC1(CCC1)C2)NC(C)(C)C(=O)OCC1CC2(C1)CC1(CCC1)C2. The molecule has 13 nitrogen and oxygen atoms in total. The Morgan fingerprint density at radius 1 is 0.849 bits per heavy atom. The van der Waals surface area contributed by atoms with E-state index in [0.717, 1.165) is 25.7 Å². The quantitative estimate of drug-likeness (QED) is 0.133. The van der Waals surface area contributed by atoms with E-state index in [-0.39, 0.29) is 12.2 Å².